The molecule has 0 saturated heterocycles. The maximum absolute atomic E-state index is 12.8. The molecule has 0 aliphatic heterocycles. The smallest absolute Gasteiger partial charge is 0.306 e. The zero-order valence-electron chi connectivity index (χ0n) is 43.4. The second kappa shape index (κ2) is 56.1. The van der Waals surface area contributed by atoms with E-state index in [0.29, 0.717) is 19.4 Å². The van der Waals surface area contributed by atoms with E-state index in [9.17, 15) is 9.59 Å². The van der Waals surface area contributed by atoms with Crippen LogP contribution in [-0.4, -0.2) is 37.9 Å². The summed E-state index contributed by atoms with van der Waals surface area (Å²) in [6.45, 7) is 7.55. The highest BCUT2D eigenvalue weighted by Gasteiger charge is 2.17. The van der Waals surface area contributed by atoms with Gasteiger partial charge in [-0.2, -0.15) is 0 Å². The Morgan fingerprint density at radius 2 is 0.682 bits per heavy atom. The Kier molecular flexibility index (Phi) is 53.4. The van der Waals surface area contributed by atoms with E-state index in [1.807, 2.05) is 0 Å². The Balaban J connectivity index is 4.35. The number of carbonyl (C=O) groups excluding carboxylic acids is 2. The van der Waals surface area contributed by atoms with Crippen LogP contribution in [0.3, 0.4) is 0 Å². The molecule has 0 aromatic heterocycles. The fraction of sp³-hybridized carbons (Fsp3) is 0.705. The maximum Gasteiger partial charge on any atom is 0.306 e. The second-order valence-electron chi connectivity index (χ2n) is 18.1. The SMILES string of the molecule is CC/C=C\C/C=C\C/C=C\C/C=C\CCCCC(=O)OC(COCCCCCCCCCC/C=C\CCCCCCCC)COC(=O)CCCCCCCCC/C=C\C/C=C\C/C=C\CC. The molecule has 0 spiro atoms. The van der Waals surface area contributed by atoms with Crippen LogP contribution in [0.4, 0.5) is 0 Å². The van der Waals surface area contributed by atoms with Crippen LogP contribution in [0.25, 0.3) is 0 Å². The molecule has 0 heterocycles. The fourth-order valence-electron chi connectivity index (χ4n) is 7.51. The lowest BCUT2D eigenvalue weighted by atomic mass is 10.1. The van der Waals surface area contributed by atoms with Gasteiger partial charge < -0.3 is 14.2 Å². The minimum absolute atomic E-state index is 0.0580. The normalized spacial score (nSPS) is 13.0. The van der Waals surface area contributed by atoms with Gasteiger partial charge >= 0.3 is 11.9 Å². The van der Waals surface area contributed by atoms with E-state index in [-0.39, 0.29) is 25.2 Å². The number of rotatable bonds is 50. The molecule has 0 aliphatic carbocycles. The number of ether oxygens (including phenoxy) is 3. The van der Waals surface area contributed by atoms with Crippen molar-refractivity contribution in [1.29, 1.82) is 0 Å². The van der Waals surface area contributed by atoms with E-state index in [1.54, 1.807) is 0 Å². The van der Waals surface area contributed by atoms with Gasteiger partial charge in [-0.05, 0) is 116 Å². The van der Waals surface area contributed by atoms with Crippen molar-refractivity contribution >= 4 is 11.9 Å². The molecule has 0 aromatic rings. The van der Waals surface area contributed by atoms with Gasteiger partial charge in [-0.3, -0.25) is 9.59 Å². The van der Waals surface area contributed by atoms with Crippen LogP contribution in [0.1, 0.15) is 252 Å². The molecule has 0 aromatic carbocycles. The van der Waals surface area contributed by atoms with Gasteiger partial charge in [-0.25, -0.2) is 0 Å². The Morgan fingerprint density at radius 1 is 0.348 bits per heavy atom. The Hall–Kier alpha value is -3.18. The molecule has 0 fully saturated rings. The van der Waals surface area contributed by atoms with Crippen LogP contribution in [0, 0.1) is 0 Å². The van der Waals surface area contributed by atoms with Crippen molar-refractivity contribution in [3.8, 4) is 0 Å². The first-order valence-corrected chi connectivity index (χ1v) is 27.8. The van der Waals surface area contributed by atoms with Gasteiger partial charge in [-0.1, -0.05) is 221 Å². The van der Waals surface area contributed by atoms with E-state index in [0.717, 1.165) is 103 Å². The summed E-state index contributed by atoms with van der Waals surface area (Å²) in [7, 11) is 0. The van der Waals surface area contributed by atoms with Crippen LogP contribution in [-0.2, 0) is 23.8 Å². The van der Waals surface area contributed by atoms with Crippen LogP contribution in [0.5, 0.6) is 0 Å². The van der Waals surface area contributed by atoms with E-state index in [4.69, 9.17) is 14.2 Å². The van der Waals surface area contributed by atoms with E-state index in [2.05, 4.69) is 118 Å². The van der Waals surface area contributed by atoms with Crippen molar-refractivity contribution in [2.24, 2.45) is 0 Å². The van der Waals surface area contributed by atoms with Gasteiger partial charge in [0, 0.05) is 19.4 Å². The first-order valence-electron chi connectivity index (χ1n) is 27.8. The first-order chi connectivity index (χ1) is 32.6. The van der Waals surface area contributed by atoms with Gasteiger partial charge in [0.2, 0.25) is 0 Å². The van der Waals surface area contributed by atoms with Gasteiger partial charge in [0.1, 0.15) is 6.61 Å². The molecular formula is C61H104O5. The monoisotopic (exact) mass is 917 g/mol. The third kappa shape index (κ3) is 53.4. The highest BCUT2D eigenvalue weighted by Crippen LogP contribution is 2.14. The number of hydrogen-bond acceptors (Lipinski definition) is 5. The summed E-state index contributed by atoms with van der Waals surface area (Å²) < 4.78 is 17.4. The Bertz CT molecular complexity index is 1270. The minimum Gasteiger partial charge on any atom is -0.462 e. The Labute approximate surface area is 409 Å². The van der Waals surface area contributed by atoms with Crippen LogP contribution >= 0.6 is 0 Å². The minimum atomic E-state index is -0.569. The molecule has 1 atom stereocenters. The van der Waals surface area contributed by atoms with Gasteiger partial charge in [-0.15, -0.1) is 0 Å². The van der Waals surface area contributed by atoms with Gasteiger partial charge in [0.05, 0.1) is 6.61 Å². The molecular weight excluding hydrogens is 813 g/mol. The van der Waals surface area contributed by atoms with Gasteiger partial charge in [0.15, 0.2) is 6.10 Å². The van der Waals surface area contributed by atoms with Gasteiger partial charge in [0.25, 0.3) is 0 Å². The number of hydrogen-bond donors (Lipinski definition) is 0. The molecule has 0 radical (unpaired) electrons. The van der Waals surface area contributed by atoms with Crippen molar-refractivity contribution in [2.45, 2.75) is 258 Å². The number of allylic oxidation sites excluding steroid dienone is 16. The lowest BCUT2D eigenvalue weighted by Gasteiger charge is -2.18. The fourth-order valence-corrected chi connectivity index (χ4v) is 7.51. The van der Waals surface area contributed by atoms with Crippen LogP contribution in [0.2, 0.25) is 0 Å². The lowest BCUT2D eigenvalue weighted by molar-refractivity contribution is -0.163. The average molecular weight is 917 g/mol. The van der Waals surface area contributed by atoms with E-state index >= 15 is 0 Å². The summed E-state index contributed by atoms with van der Waals surface area (Å²) in [5, 5.41) is 0. The van der Waals surface area contributed by atoms with Crippen molar-refractivity contribution in [1.82, 2.24) is 0 Å². The molecule has 378 valence electrons. The summed E-state index contributed by atoms with van der Waals surface area (Å²) in [6.07, 6.45) is 75.7. The molecule has 0 N–H and O–H groups in total. The zero-order chi connectivity index (χ0) is 47.7. The average Bonchev–Trinajstić information content (AvgIpc) is 3.32. The largest absolute Gasteiger partial charge is 0.462 e. The molecule has 0 amide bonds. The quantitative estimate of drug-likeness (QED) is 0.0346. The first kappa shape index (κ1) is 62.8. The molecule has 1 unspecified atom stereocenters. The summed E-state index contributed by atoms with van der Waals surface area (Å²) in [5.41, 5.74) is 0. The highest BCUT2D eigenvalue weighted by molar-refractivity contribution is 5.70. The number of carbonyl (C=O) groups is 2. The summed E-state index contributed by atoms with van der Waals surface area (Å²) in [5.74, 6) is -0.457. The molecule has 0 aliphatic rings. The van der Waals surface area contributed by atoms with Crippen molar-refractivity contribution in [3.63, 3.8) is 0 Å². The highest BCUT2D eigenvalue weighted by atomic mass is 16.6. The zero-order valence-corrected chi connectivity index (χ0v) is 43.4. The Morgan fingerprint density at radius 3 is 1.14 bits per heavy atom. The second-order valence-corrected chi connectivity index (χ2v) is 18.1. The third-order valence-electron chi connectivity index (χ3n) is 11.6. The standard InChI is InChI=1S/C61H104O5/c1-4-7-10-13-16-19-22-25-28-30-32-35-38-41-44-47-50-53-56-64-57-59(66-61(63)55-52-49-46-43-40-37-33-27-24-21-18-15-12-9-6-3)58-65-60(62)54-51-48-45-42-39-36-34-31-29-26-23-20-17-14-11-8-5-2/h8-9,11-12,17-18,20-21,25-29,33,40,43,59H,4-7,10,13-16,19,22-24,30-32,34-39,41-42,44-58H2,1-3H3/b11-8-,12-9-,20-17-,21-18-,28-25-,29-26-,33-27-,43-40-. The predicted octanol–water partition coefficient (Wildman–Crippen LogP) is 19.0. The molecule has 0 rings (SSSR count). The molecule has 66 heavy (non-hydrogen) atoms. The van der Waals surface area contributed by atoms with Crippen molar-refractivity contribution in [3.05, 3.63) is 97.2 Å². The predicted molar refractivity (Wildman–Crippen MR) is 288 cm³/mol. The van der Waals surface area contributed by atoms with E-state index in [1.165, 1.54) is 116 Å². The van der Waals surface area contributed by atoms with Crippen molar-refractivity contribution < 1.29 is 23.8 Å². The third-order valence-corrected chi connectivity index (χ3v) is 11.6. The summed E-state index contributed by atoms with van der Waals surface area (Å²) in [6, 6.07) is 0. The van der Waals surface area contributed by atoms with Crippen LogP contribution in [0.15, 0.2) is 97.2 Å². The number of unbranched alkanes of at least 4 members (excludes halogenated alkanes) is 23. The maximum atomic E-state index is 12.8. The van der Waals surface area contributed by atoms with Crippen molar-refractivity contribution in [2.75, 3.05) is 19.8 Å². The summed E-state index contributed by atoms with van der Waals surface area (Å²) >= 11 is 0. The van der Waals surface area contributed by atoms with E-state index < -0.39 is 6.10 Å². The topological polar surface area (TPSA) is 61.8 Å². The lowest BCUT2D eigenvalue weighted by Crippen LogP contribution is -2.30. The van der Waals surface area contributed by atoms with Crippen LogP contribution < -0.4 is 0 Å². The summed E-state index contributed by atoms with van der Waals surface area (Å²) in [4.78, 5) is 25.5. The molecule has 0 bridgehead atoms. The molecule has 5 heteroatoms. The molecule has 0 saturated carbocycles. The number of esters is 2. The molecule has 5 nitrogen and oxygen atoms in total.